The summed E-state index contributed by atoms with van der Waals surface area (Å²) in [6.07, 6.45) is 2.16. The van der Waals surface area contributed by atoms with Crippen molar-refractivity contribution in [2.24, 2.45) is 0 Å². The Bertz CT molecular complexity index is 1060. The minimum atomic E-state index is -1.14. The highest BCUT2D eigenvalue weighted by Gasteiger charge is 2.31. The van der Waals surface area contributed by atoms with Crippen LogP contribution in [0.15, 0.2) is 70.9 Å². The molecule has 8 heteroatoms. The zero-order valence-electron chi connectivity index (χ0n) is 20.5. The third-order valence-corrected chi connectivity index (χ3v) is 7.87. The first kappa shape index (κ1) is 26.5. The van der Waals surface area contributed by atoms with Gasteiger partial charge in [0.1, 0.15) is 11.8 Å². The van der Waals surface area contributed by atoms with Crippen LogP contribution in [0, 0.1) is 0 Å². The number of piperidine rings is 1. The summed E-state index contributed by atoms with van der Waals surface area (Å²) in [4.78, 5) is 15.3. The van der Waals surface area contributed by atoms with Gasteiger partial charge in [-0.25, -0.2) is 0 Å². The second-order valence-electron chi connectivity index (χ2n) is 8.71. The maximum Gasteiger partial charge on any atom is 0.137 e. The van der Waals surface area contributed by atoms with Crippen molar-refractivity contribution in [3.8, 4) is 5.75 Å². The fourth-order valence-electron chi connectivity index (χ4n) is 4.29. The molecule has 1 saturated heterocycles. The molecule has 2 aromatic carbocycles. The fourth-order valence-corrected chi connectivity index (χ4v) is 5.34. The Kier molecular flexibility index (Phi) is 10.1. The number of carbonyl (C=O) groups excluding carboxylic acids is 1. The first-order chi connectivity index (χ1) is 17.6. The molecule has 0 saturated carbocycles. The number of rotatable bonds is 12. The first-order valence-corrected chi connectivity index (χ1v) is 14.3. The predicted octanol–water partition coefficient (Wildman–Crippen LogP) is 5.17. The molecule has 4 rings (SSSR count). The number of thiophene rings is 1. The number of amides is 1. The van der Waals surface area contributed by atoms with Crippen molar-refractivity contribution in [2.45, 2.75) is 43.0 Å². The summed E-state index contributed by atoms with van der Waals surface area (Å²) >= 11 is 3.40. The summed E-state index contributed by atoms with van der Waals surface area (Å²) in [5.74, 6) is 0.918. The van der Waals surface area contributed by atoms with E-state index in [1.165, 1.54) is 14.7 Å². The second kappa shape index (κ2) is 13.7. The zero-order valence-corrected chi connectivity index (χ0v) is 22.1. The molecule has 3 aromatic rings. The van der Waals surface area contributed by atoms with E-state index in [0.29, 0.717) is 45.9 Å². The van der Waals surface area contributed by atoms with Crippen LogP contribution in [0.5, 0.6) is 5.75 Å². The van der Waals surface area contributed by atoms with Gasteiger partial charge < -0.3 is 29.0 Å². The molecule has 0 radical (unpaired) electrons. The SMILES string of the molecule is CSc1ccc(COC2CN(C(=O)[O-])CCC2c2ccc(OCCCOCc3cccs3)cc2)cc1. The average Bonchev–Trinajstić information content (AvgIpc) is 3.43. The Hall–Kier alpha value is -2.52. The van der Waals surface area contributed by atoms with Crippen molar-refractivity contribution in [3.05, 3.63) is 82.0 Å². The molecule has 6 nitrogen and oxygen atoms in total. The van der Waals surface area contributed by atoms with Gasteiger partial charge in [0.2, 0.25) is 0 Å². The molecule has 0 spiro atoms. The normalized spacial score (nSPS) is 17.8. The third-order valence-electron chi connectivity index (χ3n) is 6.27. The summed E-state index contributed by atoms with van der Waals surface area (Å²) in [7, 11) is 0. The van der Waals surface area contributed by atoms with Gasteiger partial charge in [-0.3, -0.25) is 0 Å². The van der Waals surface area contributed by atoms with Crippen LogP contribution in [0.25, 0.3) is 0 Å². The average molecular weight is 527 g/mol. The minimum absolute atomic E-state index is 0.103. The third kappa shape index (κ3) is 7.74. The molecular formula is C28H32NO5S2-. The molecule has 0 bridgehead atoms. The molecule has 1 aliphatic heterocycles. The number of nitrogens with zero attached hydrogens (tertiary/aromatic N) is 1. The highest BCUT2D eigenvalue weighted by molar-refractivity contribution is 7.98. The fraction of sp³-hybridized carbons (Fsp3) is 0.393. The van der Waals surface area contributed by atoms with E-state index in [2.05, 4.69) is 47.8 Å². The minimum Gasteiger partial charge on any atom is -0.530 e. The number of benzene rings is 2. The van der Waals surface area contributed by atoms with Gasteiger partial charge in [-0.2, -0.15) is 0 Å². The molecule has 2 heterocycles. The molecule has 1 aromatic heterocycles. The van der Waals surface area contributed by atoms with Crippen LogP contribution >= 0.6 is 23.1 Å². The standard InChI is InChI=1S/C28H33NO5S2/c1-35-24-11-5-21(6-12-24)19-34-27-18-29(28(30)31)14-13-26(27)22-7-9-23(10-8-22)33-16-3-15-32-20-25-4-2-17-36-25/h2,4-12,17,26-27H,3,13-16,18-20H2,1H3,(H,30,31)/p-1. The van der Waals surface area contributed by atoms with Crippen molar-refractivity contribution in [2.75, 3.05) is 32.6 Å². The molecule has 0 aliphatic carbocycles. The topological polar surface area (TPSA) is 71.1 Å². The lowest BCUT2D eigenvalue weighted by Crippen LogP contribution is -2.51. The quantitative estimate of drug-likeness (QED) is 0.239. The Balaban J connectivity index is 1.28. The molecule has 1 amide bonds. The van der Waals surface area contributed by atoms with Gasteiger partial charge in [-0.05, 0) is 59.5 Å². The van der Waals surface area contributed by atoms with E-state index < -0.39 is 6.09 Å². The zero-order chi connectivity index (χ0) is 25.2. The van der Waals surface area contributed by atoms with E-state index >= 15 is 0 Å². The van der Waals surface area contributed by atoms with Gasteiger partial charge in [-0.15, -0.1) is 23.1 Å². The van der Waals surface area contributed by atoms with Crippen molar-refractivity contribution < 1.29 is 24.1 Å². The molecule has 1 aliphatic rings. The lowest BCUT2D eigenvalue weighted by Gasteiger charge is -2.40. The number of hydrogen-bond donors (Lipinski definition) is 0. The summed E-state index contributed by atoms with van der Waals surface area (Å²) in [5, 5.41) is 13.5. The monoisotopic (exact) mass is 526 g/mol. The summed E-state index contributed by atoms with van der Waals surface area (Å²) in [6.45, 7) is 3.08. The molecule has 1 fully saturated rings. The number of carbonyl (C=O) groups is 1. The Morgan fingerprint density at radius 2 is 1.89 bits per heavy atom. The molecule has 36 heavy (non-hydrogen) atoms. The number of thioether (sulfide) groups is 1. The first-order valence-electron chi connectivity index (χ1n) is 12.2. The number of ether oxygens (including phenoxy) is 3. The van der Waals surface area contributed by atoms with Gasteiger partial charge in [0.25, 0.3) is 0 Å². The molecule has 2 unspecified atom stereocenters. The second-order valence-corrected chi connectivity index (χ2v) is 10.6. The number of hydrogen-bond acceptors (Lipinski definition) is 7. The predicted molar refractivity (Wildman–Crippen MR) is 142 cm³/mol. The van der Waals surface area contributed by atoms with Crippen LogP contribution in [0.1, 0.15) is 34.8 Å². The largest absolute Gasteiger partial charge is 0.530 e. The van der Waals surface area contributed by atoms with E-state index in [1.807, 2.05) is 24.5 Å². The number of carboxylic acid groups (broad SMARTS) is 1. The molecule has 2 atom stereocenters. The van der Waals surface area contributed by atoms with Gasteiger partial charge >= 0.3 is 0 Å². The van der Waals surface area contributed by atoms with Crippen LogP contribution in [0.4, 0.5) is 4.79 Å². The van der Waals surface area contributed by atoms with Crippen LogP contribution in [0.3, 0.4) is 0 Å². The van der Waals surface area contributed by atoms with Crippen LogP contribution < -0.4 is 9.84 Å². The lowest BCUT2D eigenvalue weighted by molar-refractivity contribution is -0.268. The van der Waals surface area contributed by atoms with Crippen LogP contribution in [-0.2, 0) is 22.7 Å². The van der Waals surface area contributed by atoms with E-state index in [0.717, 1.165) is 23.3 Å². The Morgan fingerprint density at radius 1 is 1.08 bits per heavy atom. The van der Waals surface area contributed by atoms with E-state index in [1.54, 1.807) is 23.1 Å². The van der Waals surface area contributed by atoms with Crippen molar-refractivity contribution in [3.63, 3.8) is 0 Å². The summed E-state index contributed by atoms with van der Waals surface area (Å²) in [6, 6.07) is 20.4. The van der Waals surface area contributed by atoms with E-state index in [9.17, 15) is 9.90 Å². The molecular weight excluding hydrogens is 494 g/mol. The summed E-state index contributed by atoms with van der Waals surface area (Å²) < 4.78 is 17.8. The van der Waals surface area contributed by atoms with Crippen LogP contribution in [-0.4, -0.2) is 49.7 Å². The molecule has 192 valence electrons. The van der Waals surface area contributed by atoms with E-state index in [-0.39, 0.29) is 12.0 Å². The van der Waals surface area contributed by atoms with Crippen molar-refractivity contribution in [1.29, 1.82) is 0 Å². The Labute approximate surface area is 221 Å². The Morgan fingerprint density at radius 3 is 2.58 bits per heavy atom. The van der Waals surface area contributed by atoms with Crippen molar-refractivity contribution >= 4 is 29.2 Å². The van der Waals surface area contributed by atoms with Gasteiger partial charge in [0.05, 0.1) is 32.5 Å². The highest BCUT2D eigenvalue weighted by atomic mass is 32.2. The number of likely N-dealkylation sites (tertiary alicyclic amines) is 1. The lowest BCUT2D eigenvalue weighted by atomic mass is 9.87. The maximum atomic E-state index is 11.5. The van der Waals surface area contributed by atoms with Gasteiger partial charge in [0.15, 0.2) is 0 Å². The van der Waals surface area contributed by atoms with Gasteiger partial charge in [-0.1, -0.05) is 30.3 Å². The van der Waals surface area contributed by atoms with Crippen molar-refractivity contribution in [1.82, 2.24) is 4.90 Å². The van der Waals surface area contributed by atoms with E-state index in [4.69, 9.17) is 14.2 Å². The smallest absolute Gasteiger partial charge is 0.137 e. The van der Waals surface area contributed by atoms with Gasteiger partial charge in [0, 0.05) is 35.2 Å². The van der Waals surface area contributed by atoms with Crippen LogP contribution in [0.2, 0.25) is 0 Å². The molecule has 0 N–H and O–H groups in total. The summed E-state index contributed by atoms with van der Waals surface area (Å²) in [5.41, 5.74) is 2.20. The maximum absolute atomic E-state index is 11.5. The highest BCUT2D eigenvalue weighted by Crippen LogP contribution is 2.32.